The number of benzene rings is 2. The Balaban J connectivity index is 2.17. The maximum Gasteiger partial charge on any atom is 0.0835 e. The molecule has 0 aliphatic heterocycles. The Hall–Kier alpha value is -0.980. The normalized spacial score (nSPS) is 12.7. The molecule has 0 saturated carbocycles. The van der Waals surface area contributed by atoms with Gasteiger partial charge in [0.15, 0.2) is 0 Å². The molecule has 0 fully saturated rings. The Morgan fingerprint density at radius 2 is 1.63 bits per heavy atom. The fourth-order valence-corrected chi connectivity index (χ4v) is 2.63. The summed E-state index contributed by atoms with van der Waals surface area (Å²) in [7, 11) is 0. The van der Waals surface area contributed by atoms with E-state index in [4.69, 9.17) is 23.2 Å². The highest BCUT2D eigenvalue weighted by Gasteiger charge is 2.11. The van der Waals surface area contributed by atoms with Gasteiger partial charge in [-0.15, -0.1) is 11.6 Å². The summed E-state index contributed by atoms with van der Waals surface area (Å²) in [5.41, 5.74) is 3.50. The molecule has 0 saturated heterocycles. The van der Waals surface area contributed by atoms with Crippen LogP contribution in [0.5, 0.6) is 0 Å². The summed E-state index contributed by atoms with van der Waals surface area (Å²) in [6, 6.07) is 16.3. The molecule has 1 atom stereocenters. The number of hydrogen-bond donors (Lipinski definition) is 0. The maximum absolute atomic E-state index is 6.50. The van der Waals surface area contributed by atoms with Crippen molar-refractivity contribution in [2.75, 3.05) is 0 Å². The molecule has 2 aromatic carbocycles. The lowest BCUT2D eigenvalue weighted by molar-refractivity contribution is 0.647. The molecule has 0 N–H and O–H groups in total. The molecule has 0 heterocycles. The summed E-state index contributed by atoms with van der Waals surface area (Å²) in [6.45, 7) is 4.45. The van der Waals surface area contributed by atoms with Gasteiger partial charge in [-0.25, -0.2) is 0 Å². The second-order valence-corrected chi connectivity index (χ2v) is 6.13. The van der Waals surface area contributed by atoms with Crippen LogP contribution in [0.4, 0.5) is 0 Å². The third-order valence-corrected chi connectivity index (χ3v) is 3.80. The lowest BCUT2D eigenvalue weighted by atomic mass is 9.99. The molecule has 2 rings (SSSR count). The second-order valence-electron chi connectivity index (χ2n) is 5.26. The van der Waals surface area contributed by atoms with Crippen molar-refractivity contribution in [1.82, 2.24) is 0 Å². The maximum atomic E-state index is 6.50. The van der Waals surface area contributed by atoms with Crippen molar-refractivity contribution >= 4 is 23.2 Å². The fraction of sp³-hybridized carbons (Fsp3) is 0.294. The van der Waals surface area contributed by atoms with Gasteiger partial charge in [-0.05, 0) is 41.2 Å². The number of alkyl halides is 1. The standard InChI is InChI=1S/C17H18Cl2/c1-12(2)10-13-6-8-14(9-7-13)17(19)15-4-3-5-16(18)11-15/h3-9,11-12,17H,10H2,1-2H3. The van der Waals surface area contributed by atoms with E-state index in [0.717, 1.165) is 22.6 Å². The van der Waals surface area contributed by atoms with Gasteiger partial charge in [0.2, 0.25) is 0 Å². The average Bonchev–Trinajstić information content (AvgIpc) is 2.38. The molecule has 1 unspecified atom stereocenters. The van der Waals surface area contributed by atoms with Gasteiger partial charge in [0.25, 0.3) is 0 Å². The van der Waals surface area contributed by atoms with Crippen molar-refractivity contribution < 1.29 is 0 Å². The quantitative estimate of drug-likeness (QED) is 0.619. The molecule has 0 amide bonds. The zero-order valence-corrected chi connectivity index (χ0v) is 12.7. The Bertz CT molecular complexity index is 529. The SMILES string of the molecule is CC(C)Cc1ccc(C(Cl)c2cccc(Cl)c2)cc1. The number of halogens is 2. The van der Waals surface area contributed by atoms with E-state index in [1.54, 1.807) is 0 Å². The van der Waals surface area contributed by atoms with Gasteiger partial charge >= 0.3 is 0 Å². The molecule has 100 valence electrons. The van der Waals surface area contributed by atoms with Crippen LogP contribution in [0.15, 0.2) is 48.5 Å². The van der Waals surface area contributed by atoms with Crippen LogP contribution >= 0.6 is 23.2 Å². The molecule has 0 radical (unpaired) electrons. The molecule has 0 spiro atoms. The minimum absolute atomic E-state index is 0.146. The van der Waals surface area contributed by atoms with Crippen LogP contribution in [0.1, 0.15) is 35.9 Å². The molecule has 0 aliphatic carbocycles. The van der Waals surface area contributed by atoms with Crippen LogP contribution in [-0.2, 0) is 6.42 Å². The Labute approximate surface area is 125 Å². The van der Waals surface area contributed by atoms with Crippen molar-refractivity contribution in [3.8, 4) is 0 Å². The minimum atomic E-state index is -0.146. The lowest BCUT2D eigenvalue weighted by Crippen LogP contribution is -1.96. The lowest BCUT2D eigenvalue weighted by Gasteiger charge is -2.12. The van der Waals surface area contributed by atoms with E-state index in [1.807, 2.05) is 24.3 Å². The van der Waals surface area contributed by atoms with E-state index in [1.165, 1.54) is 5.56 Å². The van der Waals surface area contributed by atoms with Crippen molar-refractivity contribution in [3.63, 3.8) is 0 Å². The van der Waals surface area contributed by atoms with Crippen molar-refractivity contribution in [1.29, 1.82) is 0 Å². The van der Waals surface area contributed by atoms with Crippen LogP contribution in [0.25, 0.3) is 0 Å². The van der Waals surface area contributed by atoms with E-state index in [2.05, 4.69) is 38.1 Å². The van der Waals surface area contributed by atoms with Gasteiger partial charge in [0.05, 0.1) is 5.38 Å². The van der Waals surface area contributed by atoms with E-state index >= 15 is 0 Å². The van der Waals surface area contributed by atoms with Crippen LogP contribution in [-0.4, -0.2) is 0 Å². The number of rotatable bonds is 4. The molecule has 0 aliphatic rings. The molecule has 2 heteroatoms. The van der Waals surface area contributed by atoms with Crippen LogP contribution < -0.4 is 0 Å². The highest BCUT2D eigenvalue weighted by Crippen LogP contribution is 2.30. The fourth-order valence-electron chi connectivity index (χ4n) is 2.15. The van der Waals surface area contributed by atoms with Crippen molar-refractivity contribution in [2.24, 2.45) is 5.92 Å². The zero-order chi connectivity index (χ0) is 13.8. The first-order valence-corrected chi connectivity index (χ1v) is 7.36. The van der Waals surface area contributed by atoms with Crippen LogP contribution in [0, 0.1) is 5.92 Å². The third kappa shape index (κ3) is 3.99. The first-order valence-electron chi connectivity index (χ1n) is 6.54. The predicted octanol–water partition coefficient (Wildman–Crippen LogP) is 5.87. The molecular formula is C17H18Cl2. The van der Waals surface area contributed by atoms with Gasteiger partial charge in [-0.2, -0.15) is 0 Å². The number of hydrogen-bond acceptors (Lipinski definition) is 0. The molecule has 0 nitrogen and oxygen atoms in total. The monoisotopic (exact) mass is 292 g/mol. The summed E-state index contributed by atoms with van der Waals surface area (Å²) < 4.78 is 0. The van der Waals surface area contributed by atoms with Gasteiger partial charge in [-0.1, -0.05) is 61.8 Å². The third-order valence-electron chi connectivity index (χ3n) is 3.06. The van der Waals surface area contributed by atoms with E-state index in [0.29, 0.717) is 5.92 Å². The zero-order valence-electron chi connectivity index (χ0n) is 11.2. The van der Waals surface area contributed by atoms with Crippen LogP contribution in [0.3, 0.4) is 0 Å². The van der Waals surface area contributed by atoms with Gasteiger partial charge in [0.1, 0.15) is 0 Å². The van der Waals surface area contributed by atoms with Gasteiger partial charge in [0, 0.05) is 5.02 Å². The summed E-state index contributed by atoms with van der Waals surface area (Å²) in [6.07, 6.45) is 1.10. The average molecular weight is 293 g/mol. The molecular weight excluding hydrogens is 275 g/mol. The van der Waals surface area contributed by atoms with E-state index in [-0.39, 0.29) is 5.38 Å². The summed E-state index contributed by atoms with van der Waals surface area (Å²) in [5.74, 6) is 0.672. The first kappa shape index (κ1) is 14.4. The minimum Gasteiger partial charge on any atom is -0.113 e. The van der Waals surface area contributed by atoms with E-state index < -0.39 is 0 Å². The summed E-state index contributed by atoms with van der Waals surface area (Å²) in [4.78, 5) is 0. The van der Waals surface area contributed by atoms with Gasteiger partial charge < -0.3 is 0 Å². The Morgan fingerprint density at radius 1 is 0.947 bits per heavy atom. The second kappa shape index (κ2) is 6.45. The Morgan fingerprint density at radius 3 is 2.21 bits per heavy atom. The van der Waals surface area contributed by atoms with Gasteiger partial charge in [-0.3, -0.25) is 0 Å². The van der Waals surface area contributed by atoms with E-state index in [9.17, 15) is 0 Å². The highest BCUT2D eigenvalue weighted by atomic mass is 35.5. The van der Waals surface area contributed by atoms with Crippen LogP contribution in [0.2, 0.25) is 5.02 Å². The molecule has 0 aromatic heterocycles. The molecule has 2 aromatic rings. The largest absolute Gasteiger partial charge is 0.113 e. The Kier molecular flexibility index (Phi) is 4.90. The molecule has 0 bridgehead atoms. The predicted molar refractivity (Wildman–Crippen MR) is 84.1 cm³/mol. The smallest absolute Gasteiger partial charge is 0.0835 e. The van der Waals surface area contributed by atoms with Crippen molar-refractivity contribution in [3.05, 3.63) is 70.2 Å². The topological polar surface area (TPSA) is 0 Å². The highest BCUT2D eigenvalue weighted by molar-refractivity contribution is 6.30. The van der Waals surface area contributed by atoms with Crippen molar-refractivity contribution in [2.45, 2.75) is 25.6 Å². The first-order chi connectivity index (χ1) is 9.06. The summed E-state index contributed by atoms with van der Waals surface area (Å²) >= 11 is 12.5. The molecule has 19 heavy (non-hydrogen) atoms. The summed E-state index contributed by atoms with van der Waals surface area (Å²) in [5, 5.41) is 0.575.